The van der Waals surface area contributed by atoms with Gasteiger partial charge in [0.05, 0.1) is 5.56 Å². The summed E-state index contributed by atoms with van der Waals surface area (Å²) in [4.78, 5) is 27.5. The molecule has 0 saturated carbocycles. The molecule has 2 heterocycles. The van der Waals surface area contributed by atoms with Gasteiger partial charge in [0.25, 0.3) is 5.56 Å². The summed E-state index contributed by atoms with van der Waals surface area (Å²) in [7, 11) is 0. The minimum atomic E-state index is -5.03. The standard InChI is InChI=1S/C18H11F6N3O3/c19-17(20,21)8-30-11-3-1-9(2-4-11)13-14(18(22,23)24)26-12-7-10(15(25)28)5-6-27(12)16(13)29/h1-7H,8H2,(H2,25,28). The van der Waals surface area contributed by atoms with E-state index in [1.54, 1.807) is 0 Å². The van der Waals surface area contributed by atoms with Gasteiger partial charge in [-0.25, -0.2) is 4.98 Å². The van der Waals surface area contributed by atoms with E-state index < -0.39 is 47.3 Å². The third kappa shape index (κ3) is 4.36. The maximum atomic E-state index is 13.6. The number of amides is 1. The maximum Gasteiger partial charge on any atom is 0.434 e. The number of benzene rings is 1. The number of nitrogens with zero attached hydrogens (tertiary/aromatic N) is 2. The number of fused-ring (bicyclic) bond motifs is 1. The summed E-state index contributed by atoms with van der Waals surface area (Å²) < 4.78 is 82.7. The summed E-state index contributed by atoms with van der Waals surface area (Å²) >= 11 is 0. The van der Waals surface area contributed by atoms with Crippen LogP contribution in [0, 0.1) is 0 Å². The van der Waals surface area contributed by atoms with Gasteiger partial charge < -0.3 is 10.5 Å². The molecule has 3 aromatic rings. The van der Waals surface area contributed by atoms with Crippen molar-refractivity contribution in [3.05, 3.63) is 64.2 Å². The molecule has 0 aliphatic heterocycles. The van der Waals surface area contributed by atoms with Crippen molar-refractivity contribution in [2.75, 3.05) is 6.61 Å². The number of hydrogen-bond donors (Lipinski definition) is 1. The van der Waals surface area contributed by atoms with Gasteiger partial charge in [-0.05, 0) is 29.8 Å². The van der Waals surface area contributed by atoms with Crippen molar-refractivity contribution in [1.29, 1.82) is 0 Å². The Bertz CT molecular complexity index is 1170. The first-order chi connectivity index (χ1) is 13.9. The lowest BCUT2D eigenvalue weighted by atomic mass is 10.0. The van der Waals surface area contributed by atoms with Crippen LogP contribution in [0.1, 0.15) is 16.1 Å². The van der Waals surface area contributed by atoms with Crippen molar-refractivity contribution >= 4 is 11.6 Å². The second-order valence-electron chi connectivity index (χ2n) is 6.07. The number of aromatic nitrogens is 2. The number of pyridine rings is 1. The number of halogens is 6. The molecule has 6 nitrogen and oxygen atoms in total. The molecular weight excluding hydrogens is 420 g/mol. The second kappa shape index (κ2) is 7.35. The number of carbonyl (C=O) groups excluding carboxylic acids is 1. The van der Waals surface area contributed by atoms with E-state index in [1.807, 2.05) is 0 Å². The Morgan fingerprint density at radius 1 is 1.07 bits per heavy atom. The summed E-state index contributed by atoms with van der Waals surface area (Å²) in [5, 5.41) is 0. The van der Waals surface area contributed by atoms with Crippen molar-refractivity contribution < 1.29 is 35.9 Å². The Kier molecular flexibility index (Phi) is 5.18. The van der Waals surface area contributed by atoms with Gasteiger partial charge in [0.2, 0.25) is 5.91 Å². The van der Waals surface area contributed by atoms with Gasteiger partial charge in [0, 0.05) is 11.8 Å². The van der Waals surface area contributed by atoms with Crippen molar-refractivity contribution in [3.63, 3.8) is 0 Å². The Labute approximate surface area is 163 Å². The molecule has 0 radical (unpaired) electrons. The Morgan fingerprint density at radius 3 is 2.23 bits per heavy atom. The first kappa shape index (κ1) is 21.1. The highest BCUT2D eigenvalue weighted by Gasteiger charge is 2.38. The highest BCUT2D eigenvalue weighted by atomic mass is 19.4. The van der Waals surface area contributed by atoms with Crippen LogP contribution in [-0.4, -0.2) is 28.1 Å². The van der Waals surface area contributed by atoms with Crippen LogP contribution in [0.25, 0.3) is 16.8 Å². The highest BCUT2D eigenvalue weighted by Crippen LogP contribution is 2.34. The zero-order valence-corrected chi connectivity index (χ0v) is 14.7. The van der Waals surface area contributed by atoms with E-state index in [0.717, 1.165) is 47.0 Å². The number of carbonyl (C=O) groups is 1. The van der Waals surface area contributed by atoms with Gasteiger partial charge in [0.1, 0.15) is 11.4 Å². The van der Waals surface area contributed by atoms with Crippen LogP contribution >= 0.6 is 0 Å². The van der Waals surface area contributed by atoms with Crippen LogP contribution in [0.5, 0.6) is 5.75 Å². The van der Waals surface area contributed by atoms with E-state index in [4.69, 9.17) is 5.73 Å². The van der Waals surface area contributed by atoms with E-state index >= 15 is 0 Å². The topological polar surface area (TPSA) is 86.7 Å². The smallest absolute Gasteiger partial charge is 0.434 e. The molecular formula is C18H11F6N3O3. The minimum absolute atomic E-state index is 0.144. The summed E-state index contributed by atoms with van der Waals surface area (Å²) in [6.45, 7) is -1.58. The fourth-order valence-corrected chi connectivity index (χ4v) is 2.64. The van der Waals surface area contributed by atoms with E-state index in [-0.39, 0.29) is 16.9 Å². The Hall–Kier alpha value is -3.57. The molecule has 0 aliphatic carbocycles. The molecule has 0 bridgehead atoms. The van der Waals surface area contributed by atoms with Crippen LogP contribution in [0.2, 0.25) is 0 Å². The average molecular weight is 431 g/mol. The molecule has 0 saturated heterocycles. The first-order valence-corrected chi connectivity index (χ1v) is 8.10. The number of rotatable bonds is 4. The van der Waals surface area contributed by atoms with Crippen molar-refractivity contribution in [2.24, 2.45) is 5.73 Å². The number of ether oxygens (including phenoxy) is 1. The van der Waals surface area contributed by atoms with Crippen LogP contribution in [0.4, 0.5) is 26.3 Å². The zero-order chi connectivity index (χ0) is 22.3. The summed E-state index contributed by atoms with van der Waals surface area (Å²) in [5.74, 6) is -1.16. The molecule has 0 spiro atoms. The lowest BCUT2D eigenvalue weighted by Gasteiger charge is -2.14. The van der Waals surface area contributed by atoms with Crippen molar-refractivity contribution in [3.8, 4) is 16.9 Å². The minimum Gasteiger partial charge on any atom is -0.484 e. The third-order valence-corrected chi connectivity index (χ3v) is 3.93. The predicted octanol–water partition coefficient (Wildman–Crippen LogP) is 3.42. The van der Waals surface area contributed by atoms with Crippen LogP contribution in [0.3, 0.4) is 0 Å². The quantitative estimate of drug-likeness (QED) is 0.642. The van der Waals surface area contributed by atoms with Crippen LogP contribution in [0.15, 0.2) is 47.4 Å². The van der Waals surface area contributed by atoms with Gasteiger partial charge in [-0.15, -0.1) is 0 Å². The van der Waals surface area contributed by atoms with E-state index in [1.165, 1.54) is 0 Å². The number of nitrogens with two attached hydrogens (primary N) is 1. The van der Waals surface area contributed by atoms with Gasteiger partial charge in [-0.1, -0.05) is 12.1 Å². The lowest BCUT2D eigenvalue weighted by Crippen LogP contribution is -2.24. The Morgan fingerprint density at radius 2 is 1.70 bits per heavy atom. The fraction of sp³-hybridized carbons (Fsp3) is 0.167. The van der Waals surface area contributed by atoms with Crippen LogP contribution < -0.4 is 16.0 Å². The maximum absolute atomic E-state index is 13.6. The molecule has 12 heteroatoms. The predicted molar refractivity (Wildman–Crippen MR) is 92.0 cm³/mol. The van der Waals surface area contributed by atoms with Crippen molar-refractivity contribution in [1.82, 2.24) is 9.38 Å². The number of primary amides is 1. The lowest BCUT2D eigenvalue weighted by molar-refractivity contribution is -0.153. The van der Waals surface area contributed by atoms with Gasteiger partial charge >= 0.3 is 12.4 Å². The van der Waals surface area contributed by atoms with Gasteiger partial charge in [0.15, 0.2) is 12.3 Å². The number of alkyl halides is 6. The van der Waals surface area contributed by atoms with Crippen molar-refractivity contribution in [2.45, 2.75) is 12.4 Å². The molecule has 2 N–H and O–H groups in total. The number of hydrogen-bond acceptors (Lipinski definition) is 4. The molecule has 158 valence electrons. The highest BCUT2D eigenvalue weighted by molar-refractivity contribution is 5.93. The molecule has 2 aromatic heterocycles. The van der Waals surface area contributed by atoms with Gasteiger partial charge in [-0.3, -0.25) is 14.0 Å². The summed E-state index contributed by atoms with van der Waals surface area (Å²) in [6.07, 6.45) is -8.57. The van der Waals surface area contributed by atoms with Crippen LogP contribution in [-0.2, 0) is 6.18 Å². The molecule has 1 amide bonds. The normalized spacial score (nSPS) is 12.2. The summed E-state index contributed by atoms with van der Waals surface area (Å²) in [6, 6.07) is 6.13. The molecule has 0 fully saturated rings. The van der Waals surface area contributed by atoms with Gasteiger partial charge in [-0.2, -0.15) is 26.3 Å². The largest absolute Gasteiger partial charge is 0.484 e. The van der Waals surface area contributed by atoms with E-state index in [0.29, 0.717) is 0 Å². The SMILES string of the molecule is NC(=O)c1ccn2c(=O)c(-c3ccc(OCC(F)(F)F)cc3)c(C(F)(F)F)nc2c1. The fourth-order valence-electron chi connectivity index (χ4n) is 2.64. The molecule has 0 atom stereocenters. The zero-order valence-electron chi connectivity index (χ0n) is 14.7. The molecule has 0 unspecified atom stereocenters. The van der Waals surface area contributed by atoms with E-state index in [9.17, 15) is 35.9 Å². The van der Waals surface area contributed by atoms with E-state index in [2.05, 4.69) is 9.72 Å². The second-order valence-corrected chi connectivity index (χ2v) is 6.07. The summed E-state index contributed by atoms with van der Waals surface area (Å²) in [5.41, 5.74) is 0.857. The molecule has 3 rings (SSSR count). The third-order valence-electron chi connectivity index (χ3n) is 3.93. The average Bonchev–Trinajstić information content (AvgIpc) is 2.65. The first-order valence-electron chi connectivity index (χ1n) is 8.10. The monoisotopic (exact) mass is 431 g/mol. The molecule has 0 aliphatic rings. The molecule has 30 heavy (non-hydrogen) atoms. The molecule has 1 aromatic carbocycles. The Balaban J connectivity index is 2.15.